The zero-order valence-corrected chi connectivity index (χ0v) is 9.31. The molecule has 0 aliphatic rings. The topological polar surface area (TPSA) is 84.5 Å². The lowest BCUT2D eigenvalue weighted by Crippen LogP contribution is -1.95. The van der Waals surface area contributed by atoms with Gasteiger partial charge in [0.05, 0.1) is 35.0 Å². The number of aryl methyl sites for hydroxylation is 1. The van der Waals surface area contributed by atoms with Crippen molar-refractivity contribution in [3.05, 3.63) is 30.7 Å². The average Bonchev–Trinajstić information content (AvgIpc) is 2.88. The summed E-state index contributed by atoms with van der Waals surface area (Å²) in [7, 11) is 1.87. The van der Waals surface area contributed by atoms with Crippen molar-refractivity contribution >= 4 is 28.0 Å². The molecule has 0 aliphatic heterocycles. The number of rotatable bonds is 2. The second-order valence-corrected chi connectivity index (χ2v) is 3.92. The van der Waals surface area contributed by atoms with Gasteiger partial charge in [0, 0.05) is 18.6 Å². The molecule has 0 saturated heterocycles. The van der Waals surface area contributed by atoms with Gasteiger partial charge in [0.15, 0.2) is 0 Å². The number of hydrogen-bond acceptors (Lipinski definition) is 4. The minimum atomic E-state index is 0.683. The van der Waals surface area contributed by atoms with Gasteiger partial charge in [-0.05, 0) is 12.1 Å². The zero-order chi connectivity index (χ0) is 11.8. The minimum absolute atomic E-state index is 0.683. The van der Waals surface area contributed by atoms with Crippen LogP contribution >= 0.6 is 0 Å². The number of fused-ring (bicyclic) bond motifs is 1. The van der Waals surface area contributed by atoms with Crippen LogP contribution < -0.4 is 11.1 Å². The number of anilines is 3. The summed E-state index contributed by atoms with van der Waals surface area (Å²) in [6.07, 6.45) is 5.38. The Kier molecular flexibility index (Phi) is 2.01. The van der Waals surface area contributed by atoms with Crippen molar-refractivity contribution in [1.82, 2.24) is 20.0 Å². The highest BCUT2D eigenvalue weighted by Gasteiger charge is 2.05. The van der Waals surface area contributed by atoms with Gasteiger partial charge in [-0.25, -0.2) is 0 Å². The summed E-state index contributed by atoms with van der Waals surface area (Å²) in [6, 6.07) is 3.82. The first kappa shape index (κ1) is 9.71. The molecule has 6 nitrogen and oxygen atoms in total. The van der Waals surface area contributed by atoms with Crippen LogP contribution in [0.3, 0.4) is 0 Å². The smallest absolute Gasteiger partial charge is 0.0770 e. The number of benzene rings is 1. The van der Waals surface area contributed by atoms with Gasteiger partial charge >= 0.3 is 0 Å². The van der Waals surface area contributed by atoms with Crippen molar-refractivity contribution in [3.63, 3.8) is 0 Å². The Labute approximate surface area is 97.4 Å². The zero-order valence-electron chi connectivity index (χ0n) is 9.31. The molecule has 0 bridgehead atoms. The van der Waals surface area contributed by atoms with Crippen LogP contribution in [0, 0.1) is 0 Å². The molecule has 0 amide bonds. The normalized spacial score (nSPS) is 10.9. The number of hydrogen-bond donors (Lipinski definition) is 3. The maximum Gasteiger partial charge on any atom is 0.0770 e. The second kappa shape index (κ2) is 3.51. The molecule has 2 heterocycles. The molecule has 0 unspecified atom stereocenters. The highest BCUT2D eigenvalue weighted by Crippen LogP contribution is 2.27. The van der Waals surface area contributed by atoms with E-state index in [1.165, 1.54) is 0 Å². The molecule has 86 valence electrons. The molecule has 0 fully saturated rings. The first-order valence-corrected chi connectivity index (χ1v) is 5.20. The lowest BCUT2D eigenvalue weighted by molar-refractivity contribution is 0.768. The molecule has 0 aliphatic carbocycles. The summed E-state index contributed by atoms with van der Waals surface area (Å²) in [5, 5.41) is 15.2. The summed E-state index contributed by atoms with van der Waals surface area (Å²) in [4.78, 5) is 0. The molecule has 3 rings (SSSR count). The number of nitrogens with one attached hydrogen (secondary N) is 2. The van der Waals surface area contributed by atoms with E-state index < -0.39 is 0 Å². The molecule has 0 spiro atoms. The van der Waals surface area contributed by atoms with Gasteiger partial charge < -0.3 is 11.1 Å². The Balaban J connectivity index is 2.01. The van der Waals surface area contributed by atoms with E-state index in [4.69, 9.17) is 5.73 Å². The summed E-state index contributed by atoms with van der Waals surface area (Å²) < 4.78 is 1.73. The lowest BCUT2D eigenvalue weighted by atomic mass is 10.2. The van der Waals surface area contributed by atoms with Gasteiger partial charge in [-0.3, -0.25) is 9.78 Å². The maximum atomic E-state index is 5.97. The van der Waals surface area contributed by atoms with Gasteiger partial charge in [0.25, 0.3) is 0 Å². The molecular formula is C11H12N6. The summed E-state index contributed by atoms with van der Waals surface area (Å²) >= 11 is 0. The fourth-order valence-electron chi connectivity index (χ4n) is 1.76. The lowest BCUT2D eigenvalue weighted by Gasteiger charge is -2.07. The maximum absolute atomic E-state index is 5.97. The Morgan fingerprint density at radius 2 is 2.24 bits per heavy atom. The Bertz CT molecular complexity index is 665. The van der Waals surface area contributed by atoms with Crippen LogP contribution in [0.2, 0.25) is 0 Å². The van der Waals surface area contributed by atoms with Crippen LogP contribution in [-0.4, -0.2) is 20.0 Å². The average molecular weight is 228 g/mol. The highest BCUT2D eigenvalue weighted by atomic mass is 15.3. The summed E-state index contributed by atoms with van der Waals surface area (Å²) in [5.41, 5.74) is 9.35. The number of nitrogens with zero attached hydrogens (tertiary/aromatic N) is 3. The molecule has 0 saturated carbocycles. The van der Waals surface area contributed by atoms with Gasteiger partial charge in [-0.2, -0.15) is 10.2 Å². The standard InChI is InChI=1S/C11H12N6/c1-17-6-8(5-14-17)15-11-3-10-7(2-9(11)12)4-13-16-10/h2-6,15H,12H2,1H3,(H,13,16). The largest absolute Gasteiger partial charge is 0.397 e. The Morgan fingerprint density at radius 1 is 1.35 bits per heavy atom. The molecule has 6 heteroatoms. The number of aromatic amines is 1. The van der Waals surface area contributed by atoms with Crippen LogP contribution in [0.1, 0.15) is 0 Å². The van der Waals surface area contributed by atoms with E-state index in [2.05, 4.69) is 20.6 Å². The van der Waals surface area contributed by atoms with Gasteiger partial charge in [-0.1, -0.05) is 0 Å². The third kappa shape index (κ3) is 1.69. The number of nitrogens with two attached hydrogens (primary N) is 1. The van der Waals surface area contributed by atoms with Gasteiger partial charge in [-0.15, -0.1) is 0 Å². The Hall–Kier alpha value is -2.50. The van der Waals surface area contributed by atoms with Crippen molar-refractivity contribution in [3.8, 4) is 0 Å². The molecule has 3 aromatic rings. The number of nitrogen functional groups attached to an aromatic ring is 1. The highest BCUT2D eigenvalue weighted by molar-refractivity contribution is 5.89. The molecule has 1 aromatic carbocycles. The monoisotopic (exact) mass is 228 g/mol. The van der Waals surface area contributed by atoms with Crippen molar-refractivity contribution in [1.29, 1.82) is 0 Å². The third-order valence-electron chi connectivity index (χ3n) is 2.59. The number of aromatic nitrogens is 4. The second-order valence-electron chi connectivity index (χ2n) is 3.92. The predicted molar refractivity (Wildman–Crippen MR) is 67.0 cm³/mol. The van der Waals surface area contributed by atoms with E-state index in [9.17, 15) is 0 Å². The quantitative estimate of drug-likeness (QED) is 0.582. The van der Waals surface area contributed by atoms with E-state index in [0.717, 1.165) is 22.3 Å². The molecule has 4 N–H and O–H groups in total. The SMILES string of the molecule is Cn1cc(Nc2cc3[nH]ncc3cc2N)cn1. The van der Waals surface area contributed by atoms with Gasteiger partial charge in [0.2, 0.25) is 0 Å². The van der Waals surface area contributed by atoms with E-state index in [1.54, 1.807) is 17.1 Å². The van der Waals surface area contributed by atoms with Crippen LogP contribution in [-0.2, 0) is 7.05 Å². The van der Waals surface area contributed by atoms with Gasteiger partial charge in [0.1, 0.15) is 0 Å². The van der Waals surface area contributed by atoms with E-state index in [1.807, 2.05) is 25.4 Å². The van der Waals surface area contributed by atoms with Crippen molar-refractivity contribution in [2.24, 2.45) is 7.05 Å². The van der Waals surface area contributed by atoms with E-state index in [-0.39, 0.29) is 0 Å². The Morgan fingerprint density at radius 3 is 3.00 bits per heavy atom. The summed E-state index contributed by atoms with van der Waals surface area (Å²) in [6.45, 7) is 0. The fourth-order valence-corrected chi connectivity index (χ4v) is 1.76. The molecular weight excluding hydrogens is 216 g/mol. The van der Waals surface area contributed by atoms with Crippen LogP contribution in [0.25, 0.3) is 10.9 Å². The van der Waals surface area contributed by atoms with E-state index in [0.29, 0.717) is 5.69 Å². The minimum Gasteiger partial charge on any atom is -0.397 e. The van der Waals surface area contributed by atoms with Crippen molar-refractivity contribution in [2.45, 2.75) is 0 Å². The predicted octanol–water partition coefficient (Wildman–Crippen LogP) is 1.62. The molecule has 17 heavy (non-hydrogen) atoms. The first-order valence-electron chi connectivity index (χ1n) is 5.20. The van der Waals surface area contributed by atoms with Crippen molar-refractivity contribution < 1.29 is 0 Å². The molecule has 0 radical (unpaired) electrons. The van der Waals surface area contributed by atoms with Crippen LogP contribution in [0.4, 0.5) is 17.1 Å². The van der Waals surface area contributed by atoms with Crippen LogP contribution in [0.15, 0.2) is 30.7 Å². The summed E-state index contributed by atoms with van der Waals surface area (Å²) in [5.74, 6) is 0. The van der Waals surface area contributed by atoms with Crippen molar-refractivity contribution in [2.75, 3.05) is 11.1 Å². The molecule has 2 aromatic heterocycles. The number of H-pyrrole nitrogens is 1. The molecule has 0 atom stereocenters. The van der Waals surface area contributed by atoms with E-state index >= 15 is 0 Å². The third-order valence-corrected chi connectivity index (χ3v) is 2.59. The first-order chi connectivity index (χ1) is 8.22. The fraction of sp³-hybridized carbons (Fsp3) is 0.0909. The van der Waals surface area contributed by atoms with Crippen LogP contribution in [0.5, 0.6) is 0 Å².